The highest BCUT2D eigenvalue weighted by Gasteiger charge is 2.41. The molecule has 1 saturated carbocycles. The average Bonchev–Trinajstić information content (AvgIpc) is 3.12. The van der Waals surface area contributed by atoms with E-state index in [-0.39, 0.29) is 36.6 Å². The molecule has 1 aliphatic rings. The highest BCUT2D eigenvalue weighted by atomic mass is 35.5. The summed E-state index contributed by atoms with van der Waals surface area (Å²) in [6.07, 6.45) is 1.36. The smallest absolute Gasteiger partial charge is 0.348 e. The molecule has 0 aliphatic heterocycles. The van der Waals surface area contributed by atoms with E-state index in [1.54, 1.807) is 31.2 Å². The van der Waals surface area contributed by atoms with Gasteiger partial charge in [-0.05, 0) is 37.3 Å². The molecule has 3 rings (SSSR count). The van der Waals surface area contributed by atoms with E-state index in [1.165, 1.54) is 0 Å². The number of para-hydroxylation sites is 1. The minimum absolute atomic E-state index is 0. The summed E-state index contributed by atoms with van der Waals surface area (Å²) in [5.74, 6) is -0.586. The third-order valence-corrected chi connectivity index (χ3v) is 5.42. The molecule has 1 unspecified atom stereocenters. The predicted octanol–water partition coefficient (Wildman–Crippen LogP) is 4.26. The molecule has 1 fully saturated rings. The summed E-state index contributed by atoms with van der Waals surface area (Å²) in [4.78, 5) is 12.7. The normalized spacial score (nSPS) is 16.2. The lowest BCUT2D eigenvalue weighted by Crippen LogP contribution is -2.46. The van der Waals surface area contributed by atoms with Gasteiger partial charge in [-0.1, -0.05) is 37.5 Å². The predicted molar refractivity (Wildman–Crippen MR) is 107 cm³/mol. The van der Waals surface area contributed by atoms with Gasteiger partial charge in [-0.15, -0.1) is 12.4 Å². The van der Waals surface area contributed by atoms with Gasteiger partial charge in [0.1, 0.15) is 0 Å². The molecule has 1 aromatic carbocycles. The van der Waals surface area contributed by atoms with E-state index in [2.05, 4.69) is 10.4 Å². The van der Waals surface area contributed by atoms with Crippen molar-refractivity contribution < 1.29 is 18.0 Å². The van der Waals surface area contributed by atoms with Gasteiger partial charge in [-0.3, -0.25) is 4.79 Å². The van der Waals surface area contributed by atoms with E-state index >= 15 is 0 Å². The van der Waals surface area contributed by atoms with Crippen LogP contribution in [0.4, 0.5) is 13.2 Å². The number of hydrogen-bond donors (Lipinski definition) is 2. The highest BCUT2D eigenvalue weighted by Crippen LogP contribution is 2.34. The SMILES string of the molecule is Cc1ccccc1-n1ncc(C(=O)NC(CN)C2CCCCC2)c1C(F)(F)F.Cl. The maximum absolute atomic E-state index is 13.8. The molecule has 160 valence electrons. The zero-order valence-electron chi connectivity index (χ0n) is 16.2. The standard InChI is InChI=1S/C20H25F3N4O.ClH/c1-13-7-5-6-10-17(13)27-18(20(21,22)23)15(12-25-27)19(28)26-16(11-24)14-8-3-2-4-9-14;/h5-7,10,12,14,16H,2-4,8-9,11,24H2,1H3,(H,26,28);1H. The molecule has 0 radical (unpaired) electrons. The summed E-state index contributed by atoms with van der Waals surface area (Å²) in [5.41, 5.74) is 5.18. The fourth-order valence-corrected chi connectivity index (χ4v) is 3.92. The first-order valence-electron chi connectivity index (χ1n) is 9.55. The Labute approximate surface area is 174 Å². The Balaban J connectivity index is 0.00000300. The number of rotatable bonds is 5. The first kappa shape index (κ1) is 23.2. The molecule has 1 heterocycles. The Bertz CT molecular complexity index is 831. The number of halogens is 4. The van der Waals surface area contributed by atoms with Gasteiger partial charge in [0.15, 0.2) is 5.69 Å². The molecule has 5 nitrogen and oxygen atoms in total. The van der Waals surface area contributed by atoms with Crippen molar-refractivity contribution >= 4 is 18.3 Å². The summed E-state index contributed by atoms with van der Waals surface area (Å²) < 4.78 is 42.3. The van der Waals surface area contributed by atoms with Crippen LogP contribution in [0.2, 0.25) is 0 Å². The largest absolute Gasteiger partial charge is 0.434 e. The van der Waals surface area contributed by atoms with Crippen LogP contribution in [-0.2, 0) is 6.18 Å². The molecule has 2 aromatic rings. The van der Waals surface area contributed by atoms with Gasteiger partial charge in [0, 0.05) is 12.6 Å². The molecule has 9 heteroatoms. The molecule has 1 atom stereocenters. The van der Waals surface area contributed by atoms with Gasteiger partial charge in [0.2, 0.25) is 0 Å². The maximum Gasteiger partial charge on any atom is 0.434 e. The van der Waals surface area contributed by atoms with Gasteiger partial charge < -0.3 is 11.1 Å². The van der Waals surface area contributed by atoms with E-state index in [0.29, 0.717) is 5.56 Å². The van der Waals surface area contributed by atoms with Crippen molar-refractivity contribution in [2.24, 2.45) is 11.7 Å². The van der Waals surface area contributed by atoms with Crippen LogP contribution in [0.3, 0.4) is 0 Å². The zero-order valence-corrected chi connectivity index (χ0v) is 17.0. The second kappa shape index (κ2) is 9.63. The van der Waals surface area contributed by atoms with Gasteiger partial charge in [-0.2, -0.15) is 18.3 Å². The van der Waals surface area contributed by atoms with Crippen LogP contribution in [0.1, 0.15) is 53.7 Å². The van der Waals surface area contributed by atoms with Crippen molar-refractivity contribution in [3.63, 3.8) is 0 Å². The van der Waals surface area contributed by atoms with Gasteiger partial charge in [0.05, 0.1) is 17.4 Å². The number of aromatic nitrogens is 2. The summed E-state index contributed by atoms with van der Waals surface area (Å²) in [7, 11) is 0. The summed E-state index contributed by atoms with van der Waals surface area (Å²) in [6.45, 7) is 1.90. The van der Waals surface area contributed by atoms with Gasteiger partial charge in [0.25, 0.3) is 5.91 Å². The van der Waals surface area contributed by atoms with Crippen LogP contribution < -0.4 is 11.1 Å². The molecular weight excluding hydrogens is 405 g/mol. The van der Waals surface area contributed by atoms with Crippen molar-refractivity contribution in [2.45, 2.75) is 51.2 Å². The van der Waals surface area contributed by atoms with Crippen LogP contribution in [0.5, 0.6) is 0 Å². The van der Waals surface area contributed by atoms with Crippen LogP contribution in [0.15, 0.2) is 30.5 Å². The average molecular weight is 431 g/mol. The first-order valence-corrected chi connectivity index (χ1v) is 9.55. The second-order valence-electron chi connectivity index (χ2n) is 7.32. The lowest BCUT2D eigenvalue weighted by atomic mass is 9.84. The number of amides is 1. The molecule has 1 aliphatic carbocycles. The fourth-order valence-electron chi connectivity index (χ4n) is 3.92. The Hall–Kier alpha value is -2.06. The van der Waals surface area contributed by atoms with E-state index in [1.807, 2.05) is 0 Å². The zero-order chi connectivity index (χ0) is 20.3. The van der Waals surface area contributed by atoms with Crippen molar-refractivity contribution in [3.05, 3.63) is 47.3 Å². The minimum Gasteiger partial charge on any atom is -0.348 e. The molecule has 0 saturated heterocycles. The topological polar surface area (TPSA) is 72.9 Å². The summed E-state index contributed by atoms with van der Waals surface area (Å²) >= 11 is 0. The molecule has 1 amide bonds. The van der Waals surface area contributed by atoms with Crippen LogP contribution >= 0.6 is 12.4 Å². The third kappa shape index (κ3) is 5.11. The number of aryl methyl sites for hydroxylation is 1. The number of carbonyl (C=O) groups excluding carboxylic acids is 1. The molecule has 1 aromatic heterocycles. The van der Waals surface area contributed by atoms with Gasteiger partial charge >= 0.3 is 6.18 Å². The van der Waals surface area contributed by atoms with Gasteiger partial charge in [-0.25, -0.2) is 4.68 Å². The molecule has 0 bridgehead atoms. The summed E-state index contributed by atoms with van der Waals surface area (Å²) in [6, 6.07) is 6.28. The van der Waals surface area contributed by atoms with E-state index in [9.17, 15) is 18.0 Å². The van der Waals surface area contributed by atoms with Crippen molar-refractivity contribution in [1.82, 2.24) is 15.1 Å². The monoisotopic (exact) mass is 430 g/mol. The lowest BCUT2D eigenvalue weighted by molar-refractivity contribution is -0.143. The number of benzene rings is 1. The Morgan fingerprint density at radius 1 is 1.28 bits per heavy atom. The number of carbonyl (C=O) groups is 1. The Morgan fingerprint density at radius 3 is 2.52 bits per heavy atom. The van der Waals surface area contributed by atoms with Crippen LogP contribution in [0, 0.1) is 12.8 Å². The molecule has 0 spiro atoms. The van der Waals surface area contributed by atoms with E-state index < -0.39 is 23.3 Å². The third-order valence-electron chi connectivity index (χ3n) is 5.42. The van der Waals surface area contributed by atoms with Crippen LogP contribution in [-0.4, -0.2) is 28.3 Å². The van der Waals surface area contributed by atoms with E-state index in [4.69, 9.17) is 5.73 Å². The quantitative estimate of drug-likeness (QED) is 0.744. The van der Waals surface area contributed by atoms with E-state index in [0.717, 1.165) is 43.0 Å². The number of nitrogens with one attached hydrogen (secondary N) is 1. The van der Waals surface area contributed by atoms with Crippen molar-refractivity contribution in [3.8, 4) is 5.69 Å². The van der Waals surface area contributed by atoms with Crippen molar-refractivity contribution in [1.29, 1.82) is 0 Å². The Kier molecular flexibility index (Phi) is 7.71. The Morgan fingerprint density at radius 2 is 1.93 bits per heavy atom. The number of alkyl halides is 3. The number of nitrogens with zero attached hydrogens (tertiary/aromatic N) is 2. The highest BCUT2D eigenvalue weighted by molar-refractivity contribution is 5.95. The second-order valence-corrected chi connectivity index (χ2v) is 7.32. The lowest BCUT2D eigenvalue weighted by Gasteiger charge is -2.30. The summed E-state index contributed by atoms with van der Waals surface area (Å²) in [5, 5.41) is 6.61. The number of nitrogens with two attached hydrogens (primary N) is 1. The maximum atomic E-state index is 13.8. The molecule has 3 N–H and O–H groups in total. The first-order chi connectivity index (χ1) is 13.3. The minimum atomic E-state index is -4.73. The number of hydrogen-bond acceptors (Lipinski definition) is 3. The molecule has 29 heavy (non-hydrogen) atoms. The molecular formula is C20H26ClF3N4O. The van der Waals surface area contributed by atoms with Crippen LogP contribution in [0.25, 0.3) is 5.69 Å². The fraction of sp³-hybridized carbons (Fsp3) is 0.500. The van der Waals surface area contributed by atoms with Crippen molar-refractivity contribution in [2.75, 3.05) is 6.54 Å².